The van der Waals surface area contributed by atoms with Crippen LogP contribution in [0.15, 0.2) is 0 Å². The summed E-state index contributed by atoms with van der Waals surface area (Å²) in [4.78, 5) is 14.5. The maximum Gasteiger partial charge on any atom is 0.237 e. The molecular formula is C15H30N2O. The lowest BCUT2D eigenvalue weighted by Gasteiger charge is -2.34. The Morgan fingerprint density at radius 2 is 2.17 bits per heavy atom. The molecule has 1 heterocycles. The van der Waals surface area contributed by atoms with Crippen molar-refractivity contribution in [2.45, 2.75) is 65.3 Å². The van der Waals surface area contributed by atoms with Crippen LogP contribution in [0.3, 0.4) is 0 Å². The Kier molecular flexibility index (Phi) is 7.33. The normalized spacial score (nSPS) is 21.2. The molecule has 0 saturated carbocycles. The van der Waals surface area contributed by atoms with Crippen molar-refractivity contribution in [3.05, 3.63) is 0 Å². The quantitative estimate of drug-likeness (QED) is 0.709. The van der Waals surface area contributed by atoms with Crippen LogP contribution in [0.4, 0.5) is 0 Å². The molecule has 0 aliphatic carbocycles. The molecule has 18 heavy (non-hydrogen) atoms. The van der Waals surface area contributed by atoms with Gasteiger partial charge >= 0.3 is 0 Å². The average Bonchev–Trinajstić information content (AvgIpc) is 2.35. The van der Waals surface area contributed by atoms with Crippen LogP contribution >= 0.6 is 0 Å². The van der Waals surface area contributed by atoms with E-state index >= 15 is 0 Å². The van der Waals surface area contributed by atoms with Crippen LogP contribution in [0.25, 0.3) is 0 Å². The van der Waals surface area contributed by atoms with E-state index in [1.54, 1.807) is 0 Å². The number of hydrogen-bond donors (Lipinski definition) is 1. The van der Waals surface area contributed by atoms with Crippen molar-refractivity contribution in [3.63, 3.8) is 0 Å². The minimum atomic E-state index is 0.137. The van der Waals surface area contributed by atoms with E-state index in [2.05, 4.69) is 31.0 Å². The molecule has 1 amide bonds. The van der Waals surface area contributed by atoms with Gasteiger partial charge in [0, 0.05) is 6.54 Å². The second-order valence-corrected chi connectivity index (χ2v) is 5.87. The SMILES string of the molecule is CCCN1CCCCC1C(=O)NCCCC(C)C. The van der Waals surface area contributed by atoms with Crippen LogP contribution in [-0.2, 0) is 4.79 Å². The molecule has 1 aliphatic heterocycles. The van der Waals surface area contributed by atoms with E-state index in [0.29, 0.717) is 0 Å². The zero-order valence-electron chi connectivity index (χ0n) is 12.4. The van der Waals surface area contributed by atoms with Gasteiger partial charge in [0.05, 0.1) is 6.04 Å². The lowest BCUT2D eigenvalue weighted by atomic mass is 10.0. The molecule has 1 atom stereocenters. The molecule has 3 nitrogen and oxygen atoms in total. The van der Waals surface area contributed by atoms with Gasteiger partial charge in [-0.1, -0.05) is 27.2 Å². The number of carbonyl (C=O) groups is 1. The molecule has 1 N–H and O–H groups in total. The van der Waals surface area contributed by atoms with Gasteiger partial charge in [0.25, 0.3) is 0 Å². The topological polar surface area (TPSA) is 32.3 Å². The number of piperidine rings is 1. The Morgan fingerprint density at radius 3 is 2.83 bits per heavy atom. The van der Waals surface area contributed by atoms with Gasteiger partial charge in [-0.3, -0.25) is 9.69 Å². The first kappa shape index (κ1) is 15.5. The summed E-state index contributed by atoms with van der Waals surface area (Å²) in [6, 6.07) is 0.137. The maximum atomic E-state index is 12.2. The number of nitrogens with zero attached hydrogens (tertiary/aromatic N) is 1. The number of likely N-dealkylation sites (tertiary alicyclic amines) is 1. The van der Waals surface area contributed by atoms with Gasteiger partial charge in [0.2, 0.25) is 5.91 Å². The van der Waals surface area contributed by atoms with Crippen LogP contribution in [0.5, 0.6) is 0 Å². The molecule has 0 aromatic carbocycles. The van der Waals surface area contributed by atoms with Crippen LogP contribution in [0.1, 0.15) is 59.3 Å². The number of nitrogens with one attached hydrogen (secondary N) is 1. The minimum absolute atomic E-state index is 0.137. The largest absolute Gasteiger partial charge is 0.355 e. The third-order valence-electron chi connectivity index (χ3n) is 3.68. The van der Waals surface area contributed by atoms with Gasteiger partial charge in [-0.05, 0) is 51.1 Å². The van der Waals surface area contributed by atoms with Crippen molar-refractivity contribution in [1.29, 1.82) is 0 Å². The van der Waals surface area contributed by atoms with Crippen molar-refractivity contribution in [1.82, 2.24) is 10.2 Å². The highest BCUT2D eigenvalue weighted by atomic mass is 16.2. The molecule has 0 radical (unpaired) electrons. The summed E-state index contributed by atoms with van der Waals surface area (Å²) in [6.07, 6.45) is 6.92. The Labute approximate surface area is 112 Å². The number of carbonyl (C=O) groups excluding carboxylic acids is 1. The Bertz CT molecular complexity index is 239. The highest BCUT2D eigenvalue weighted by Gasteiger charge is 2.27. The van der Waals surface area contributed by atoms with Crippen molar-refractivity contribution in [2.24, 2.45) is 5.92 Å². The van der Waals surface area contributed by atoms with Crippen LogP contribution in [-0.4, -0.2) is 36.5 Å². The molecule has 0 aromatic heterocycles. The van der Waals surface area contributed by atoms with Crippen molar-refractivity contribution in [3.8, 4) is 0 Å². The fourth-order valence-electron chi connectivity index (χ4n) is 2.68. The molecule has 0 aromatic rings. The molecule has 1 unspecified atom stereocenters. The fraction of sp³-hybridized carbons (Fsp3) is 0.933. The molecular weight excluding hydrogens is 224 g/mol. The van der Waals surface area contributed by atoms with Crippen molar-refractivity contribution >= 4 is 5.91 Å². The first-order chi connectivity index (χ1) is 8.65. The predicted octanol–water partition coefficient (Wildman–Crippen LogP) is 2.80. The third kappa shape index (κ3) is 5.38. The van der Waals surface area contributed by atoms with E-state index in [1.807, 2.05) is 0 Å². The van der Waals surface area contributed by atoms with E-state index in [0.717, 1.165) is 44.8 Å². The summed E-state index contributed by atoms with van der Waals surface area (Å²) in [7, 11) is 0. The van der Waals surface area contributed by atoms with Crippen molar-refractivity contribution in [2.75, 3.05) is 19.6 Å². The first-order valence-electron chi connectivity index (χ1n) is 7.67. The van der Waals surface area contributed by atoms with E-state index in [1.165, 1.54) is 19.3 Å². The average molecular weight is 254 g/mol. The Hall–Kier alpha value is -0.570. The van der Waals surface area contributed by atoms with Crippen LogP contribution in [0.2, 0.25) is 0 Å². The van der Waals surface area contributed by atoms with E-state index in [4.69, 9.17) is 0 Å². The molecule has 1 saturated heterocycles. The van der Waals surface area contributed by atoms with Crippen LogP contribution < -0.4 is 5.32 Å². The smallest absolute Gasteiger partial charge is 0.237 e. The fourth-order valence-corrected chi connectivity index (χ4v) is 2.68. The lowest BCUT2D eigenvalue weighted by Crippen LogP contribution is -2.49. The highest BCUT2D eigenvalue weighted by Crippen LogP contribution is 2.17. The first-order valence-corrected chi connectivity index (χ1v) is 7.67. The molecule has 0 bridgehead atoms. The number of hydrogen-bond acceptors (Lipinski definition) is 2. The van der Waals surface area contributed by atoms with E-state index in [-0.39, 0.29) is 11.9 Å². The van der Waals surface area contributed by atoms with E-state index < -0.39 is 0 Å². The van der Waals surface area contributed by atoms with Gasteiger partial charge in [0.1, 0.15) is 0 Å². The monoisotopic (exact) mass is 254 g/mol. The Balaban J connectivity index is 2.29. The molecule has 0 spiro atoms. The second-order valence-electron chi connectivity index (χ2n) is 5.87. The summed E-state index contributed by atoms with van der Waals surface area (Å²) in [6.45, 7) is 9.64. The van der Waals surface area contributed by atoms with Crippen LogP contribution in [0, 0.1) is 5.92 Å². The minimum Gasteiger partial charge on any atom is -0.355 e. The third-order valence-corrected chi connectivity index (χ3v) is 3.68. The summed E-state index contributed by atoms with van der Waals surface area (Å²) >= 11 is 0. The summed E-state index contributed by atoms with van der Waals surface area (Å²) < 4.78 is 0. The van der Waals surface area contributed by atoms with Gasteiger partial charge in [-0.25, -0.2) is 0 Å². The summed E-state index contributed by atoms with van der Waals surface area (Å²) in [5.74, 6) is 0.986. The van der Waals surface area contributed by atoms with E-state index in [9.17, 15) is 4.79 Å². The zero-order valence-corrected chi connectivity index (χ0v) is 12.4. The standard InChI is InChI=1S/C15H30N2O/c1-4-11-17-12-6-5-9-14(17)15(18)16-10-7-8-13(2)3/h13-14H,4-12H2,1-3H3,(H,16,18). The lowest BCUT2D eigenvalue weighted by molar-refractivity contribution is -0.127. The number of amides is 1. The van der Waals surface area contributed by atoms with Gasteiger partial charge < -0.3 is 5.32 Å². The Morgan fingerprint density at radius 1 is 1.39 bits per heavy atom. The molecule has 106 valence electrons. The zero-order chi connectivity index (χ0) is 13.4. The highest BCUT2D eigenvalue weighted by molar-refractivity contribution is 5.81. The van der Waals surface area contributed by atoms with Crippen molar-refractivity contribution < 1.29 is 4.79 Å². The van der Waals surface area contributed by atoms with Gasteiger partial charge in [0.15, 0.2) is 0 Å². The van der Waals surface area contributed by atoms with Gasteiger partial charge in [-0.15, -0.1) is 0 Å². The van der Waals surface area contributed by atoms with Gasteiger partial charge in [-0.2, -0.15) is 0 Å². The predicted molar refractivity (Wildman–Crippen MR) is 76.6 cm³/mol. The second kappa shape index (κ2) is 8.52. The maximum absolute atomic E-state index is 12.2. The molecule has 1 aliphatic rings. The molecule has 1 fully saturated rings. The molecule has 3 heteroatoms. The summed E-state index contributed by atoms with van der Waals surface area (Å²) in [5, 5.41) is 3.12. The summed E-state index contributed by atoms with van der Waals surface area (Å²) in [5.41, 5.74) is 0. The number of rotatable bonds is 7. The molecule has 1 rings (SSSR count).